The van der Waals surface area contributed by atoms with Gasteiger partial charge in [-0.05, 0) is 163 Å². The average Bonchev–Trinajstić information content (AvgIpc) is 4.10. The minimum Gasteiger partial charge on any atom is -0.507 e. The van der Waals surface area contributed by atoms with E-state index in [0.717, 1.165) is 98.2 Å². The molecule has 0 atom stereocenters. The predicted molar refractivity (Wildman–Crippen MR) is 313 cm³/mol. The van der Waals surface area contributed by atoms with E-state index in [1.54, 1.807) is 0 Å². The van der Waals surface area contributed by atoms with Gasteiger partial charge in [0.25, 0.3) is 0 Å². The first kappa shape index (κ1) is 48.1. The number of benzene rings is 8. The van der Waals surface area contributed by atoms with Crippen LogP contribution in [0.5, 0.6) is 5.75 Å². The Morgan fingerprint density at radius 1 is 0.427 bits per heavy atom. The van der Waals surface area contributed by atoms with Gasteiger partial charge in [0.1, 0.15) is 11.6 Å². The summed E-state index contributed by atoms with van der Waals surface area (Å²) in [7, 11) is 0. The molecule has 372 valence electrons. The van der Waals surface area contributed by atoms with Crippen molar-refractivity contribution in [2.24, 2.45) is 5.41 Å². The number of rotatable bonds is 7. The van der Waals surface area contributed by atoms with Gasteiger partial charge in [-0.1, -0.05) is 196 Å². The number of hydrogen-bond donors (Lipinski definition) is 1. The summed E-state index contributed by atoms with van der Waals surface area (Å²) in [5, 5.41) is 12.8. The summed E-state index contributed by atoms with van der Waals surface area (Å²) in [6, 6.07) is 66.7. The summed E-state index contributed by atoms with van der Waals surface area (Å²) in [4.78, 5) is 10.8. The highest BCUT2D eigenvalue weighted by atomic mass is 16.3. The maximum absolute atomic E-state index is 12.8. The van der Waals surface area contributed by atoms with Crippen LogP contribution >= 0.6 is 0 Å². The fourth-order valence-electron chi connectivity index (χ4n) is 12.1. The highest BCUT2D eigenvalue weighted by Crippen LogP contribution is 2.50. The summed E-state index contributed by atoms with van der Waals surface area (Å²) >= 11 is 0. The van der Waals surface area contributed by atoms with Crippen molar-refractivity contribution in [3.63, 3.8) is 0 Å². The third-order valence-corrected chi connectivity index (χ3v) is 16.2. The van der Waals surface area contributed by atoms with Crippen LogP contribution in [0.1, 0.15) is 101 Å². The van der Waals surface area contributed by atoms with E-state index < -0.39 is 0 Å². The summed E-state index contributed by atoms with van der Waals surface area (Å²) in [5.41, 5.74) is 23.3. The molecule has 12 rings (SSSR count). The van der Waals surface area contributed by atoms with E-state index >= 15 is 0 Å². The standard InChI is InChI=1S/C71H67N3O/c1-68(2,3)56-35-53(34-54(36-56)62-38-49(31-32-72-62)45-19-12-10-13-20-45)58-25-18-26-64-65(58)73-67(60-39-57(69(4,5)6)40-61(66(60)75)70(7,8)9)74(64)63-30-29-48(37-59(63)46-21-14-11-15-22-46)47-27-28-52-43-71(44-55(52)33-47)41-50-23-16-17-24-51(50)42-71/h10-40,75H,41-44H2,1-9H3. The quantitative estimate of drug-likeness (QED) is 0.173. The molecule has 1 N–H and O–H groups in total. The molecule has 10 aromatic rings. The van der Waals surface area contributed by atoms with Crippen molar-refractivity contribution < 1.29 is 5.11 Å². The molecule has 75 heavy (non-hydrogen) atoms. The van der Waals surface area contributed by atoms with Crippen molar-refractivity contribution in [3.8, 4) is 78.6 Å². The fourth-order valence-corrected chi connectivity index (χ4v) is 12.1. The topological polar surface area (TPSA) is 50.9 Å². The van der Waals surface area contributed by atoms with E-state index in [9.17, 15) is 5.11 Å². The van der Waals surface area contributed by atoms with Crippen LogP contribution < -0.4 is 0 Å². The van der Waals surface area contributed by atoms with Gasteiger partial charge in [0.05, 0.1) is 28.0 Å². The lowest BCUT2D eigenvalue weighted by Gasteiger charge is -2.27. The van der Waals surface area contributed by atoms with E-state index in [1.807, 2.05) is 6.20 Å². The molecule has 0 bridgehead atoms. The van der Waals surface area contributed by atoms with Crippen molar-refractivity contribution in [2.75, 3.05) is 0 Å². The first-order chi connectivity index (χ1) is 35.9. The van der Waals surface area contributed by atoms with Crippen LogP contribution in [0.4, 0.5) is 0 Å². The van der Waals surface area contributed by atoms with Gasteiger partial charge in [0, 0.05) is 28.5 Å². The van der Waals surface area contributed by atoms with Gasteiger partial charge >= 0.3 is 0 Å². The molecule has 0 saturated heterocycles. The Morgan fingerprint density at radius 2 is 1.01 bits per heavy atom. The maximum Gasteiger partial charge on any atom is 0.149 e. The smallest absolute Gasteiger partial charge is 0.149 e. The van der Waals surface area contributed by atoms with Crippen LogP contribution in [0.3, 0.4) is 0 Å². The van der Waals surface area contributed by atoms with Crippen LogP contribution in [0, 0.1) is 5.41 Å². The monoisotopic (exact) mass is 978 g/mol. The van der Waals surface area contributed by atoms with E-state index in [1.165, 1.54) is 38.9 Å². The van der Waals surface area contributed by atoms with Crippen LogP contribution in [0.2, 0.25) is 0 Å². The summed E-state index contributed by atoms with van der Waals surface area (Å²) in [5.74, 6) is 0.954. The minimum atomic E-state index is -0.341. The third-order valence-electron chi connectivity index (χ3n) is 16.2. The molecule has 4 nitrogen and oxygen atoms in total. The second kappa shape index (κ2) is 17.9. The van der Waals surface area contributed by atoms with E-state index in [2.05, 4.69) is 249 Å². The number of aromatic nitrogens is 3. The second-order valence-electron chi connectivity index (χ2n) is 24.8. The summed E-state index contributed by atoms with van der Waals surface area (Å²) in [6.45, 7) is 20.1. The first-order valence-electron chi connectivity index (χ1n) is 26.9. The summed E-state index contributed by atoms with van der Waals surface area (Å²) < 4.78 is 2.32. The lowest BCUT2D eigenvalue weighted by atomic mass is 9.79. The Bertz CT molecular complexity index is 3810. The van der Waals surface area contributed by atoms with Gasteiger partial charge in [0.15, 0.2) is 0 Å². The van der Waals surface area contributed by atoms with Crippen LogP contribution in [0.25, 0.3) is 83.9 Å². The number of fused-ring (bicyclic) bond motifs is 3. The number of pyridine rings is 1. The number of hydrogen-bond acceptors (Lipinski definition) is 3. The normalized spacial score (nSPS) is 14.1. The molecule has 4 heteroatoms. The zero-order valence-electron chi connectivity index (χ0n) is 45.0. The van der Waals surface area contributed by atoms with Crippen LogP contribution in [-0.2, 0) is 41.9 Å². The number of para-hydroxylation sites is 1. The molecule has 0 aliphatic heterocycles. The van der Waals surface area contributed by atoms with E-state index in [-0.39, 0.29) is 27.4 Å². The molecular formula is C71H67N3O. The molecule has 0 radical (unpaired) electrons. The molecule has 2 heterocycles. The van der Waals surface area contributed by atoms with Gasteiger partial charge in [-0.15, -0.1) is 0 Å². The molecule has 8 aromatic carbocycles. The van der Waals surface area contributed by atoms with Gasteiger partial charge in [-0.2, -0.15) is 0 Å². The van der Waals surface area contributed by atoms with Gasteiger partial charge in [-0.3, -0.25) is 9.55 Å². The highest BCUT2D eigenvalue weighted by molar-refractivity contribution is 5.98. The van der Waals surface area contributed by atoms with E-state index in [4.69, 9.17) is 9.97 Å². The van der Waals surface area contributed by atoms with Crippen LogP contribution in [-0.4, -0.2) is 19.6 Å². The molecule has 1 spiro atoms. The van der Waals surface area contributed by atoms with Crippen LogP contribution in [0.15, 0.2) is 188 Å². The number of phenolic OH excluding ortho intramolecular Hbond substituents is 1. The van der Waals surface area contributed by atoms with Crippen molar-refractivity contribution in [1.82, 2.24) is 14.5 Å². The Balaban J connectivity index is 1.07. The Kier molecular flexibility index (Phi) is 11.5. The van der Waals surface area contributed by atoms with Crippen molar-refractivity contribution in [2.45, 2.75) is 104 Å². The number of phenols is 1. The lowest BCUT2D eigenvalue weighted by molar-refractivity contribution is 0.326. The average molecular weight is 978 g/mol. The summed E-state index contributed by atoms with van der Waals surface area (Å²) in [6.07, 6.45) is 6.45. The number of nitrogens with zero attached hydrogens (tertiary/aromatic N) is 3. The highest BCUT2D eigenvalue weighted by Gasteiger charge is 2.42. The largest absolute Gasteiger partial charge is 0.507 e. The van der Waals surface area contributed by atoms with Gasteiger partial charge < -0.3 is 5.11 Å². The molecule has 0 fully saturated rings. The van der Waals surface area contributed by atoms with Crippen molar-refractivity contribution in [1.29, 1.82) is 0 Å². The SMILES string of the molecule is CC(C)(C)c1cc(-c2cc(-c3ccccc3)ccn2)cc(-c2cccc3c2nc(-c2cc(C(C)(C)C)cc(C(C)(C)C)c2O)n3-c2ccc(-c3ccc4c(c3)CC3(Cc5ccccc5C3)C4)cc2-c2ccccc2)c1. The predicted octanol–water partition coefficient (Wildman–Crippen LogP) is 17.9. The maximum atomic E-state index is 12.8. The molecule has 2 aliphatic rings. The number of aromatic hydroxyl groups is 1. The van der Waals surface area contributed by atoms with E-state index in [0.29, 0.717) is 11.4 Å². The molecule has 0 unspecified atom stereocenters. The number of imidazole rings is 1. The first-order valence-corrected chi connectivity index (χ1v) is 26.9. The molecule has 0 saturated carbocycles. The molecule has 2 aromatic heterocycles. The Labute approximate surface area is 443 Å². The second-order valence-corrected chi connectivity index (χ2v) is 24.8. The zero-order valence-corrected chi connectivity index (χ0v) is 45.0. The molecular weight excluding hydrogens is 911 g/mol. The Hall–Kier alpha value is -7.82. The van der Waals surface area contributed by atoms with Crippen molar-refractivity contribution in [3.05, 3.63) is 227 Å². The Morgan fingerprint density at radius 3 is 1.69 bits per heavy atom. The molecule has 2 aliphatic carbocycles. The zero-order chi connectivity index (χ0) is 52.0. The third kappa shape index (κ3) is 8.88. The molecule has 0 amide bonds. The van der Waals surface area contributed by atoms with Gasteiger partial charge in [-0.25, -0.2) is 4.98 Å². The lowest BCUT2D eigenvalue weighted by Crippen LogP contribution is -2.21. The fraction of sp³-hybridized carbons (Fsp3) is 0.239. The minimum absolute atomic E-state index is 0.155. The van der Waals surface area contributed by atoms with Gasteiger partial charge in [0.2, 0.25) is 0 Å². The van der Waals surface area contributed by atoms with Crippen molar-refractivity contribution >= 4 is 11.0 Å².